The zero-order chi connectivity index (χ0) is 13.4. The lowest BCUT2D eigenvalue weighted by molar-refractivity contribution is 0.322. The van der Waals surface area contributed by atoms with E-state index in [0.717, 1.165) is 18.9 Å². The molecule has 1 atom stereocenters. The van der Waals surface area contributed by atoms with Crippen LogP contribution in [0.25, 0.3) is 0 Å². The monoisotopic (exact) mass is 251 g/mol. The maximum atomic E-state index is 4.36. The summed E-state index contributed by atoms with van der Waals surface area (Å²) in [5, 5.41) is 7.87. The first-order chi connectivity index (χ1) is 8.74. The highest BCUT2D eigenvalue weighted by atomic mass is 15.3. The van der Waals surface area contributed by atoms with Gasteiger partial charge in [0.2, 0.25) is 0 Å². The largest absolute Gasteiger partial charge is 0.316 e. The van der Waals surface area contributed by atoms with Crippen molar-refractivity contribution in [1.29, 1.82) is 0 Å². The number of nitrogens with one attached hydrogen (secondary N) is 1. The Bertz CT molecular complexity index is 313. The van der Waals surface area contributed by atoms with Crippen LogP contribution in [0, 0.1) is 5.92 Å². The van der Waals surface area contributed by atoms with Gasteiger partial charge in [-0.2, -0.15) is 5.10 Å². The summed E-state index contributed by atoms with van der Waals surface area (Å²) in [7, 11) is 2.09. The second kappa shape index (κ2) is 8.30. The van der Waals surface area contributed by atoms with Crippen molar-refractivity contribution in [3.8, 4) is 0 Å². The van der Waals surface area contributed by atoms with Gasteiger partial charge in [-0.05, 0) is 44.7 Å². The summed E-state index contributed by atoms with van der Waals surface area (Å²) in [6.45, 7) is 7.65. The third kappa shape index (κ3) is 4.45. The third-order valence-corrected chi connectivity index (χ3v) is 3.73. The molecule has 0 aliphatic heterocycles. The predicted molar refractivity (Wildman–Crippen MR) is 77.8 cm³/mol. The molecule has 0 aliphatic rings. The topological polar surface area (TPSA) is 29.9 Å². The first-order valence-electron chi connectivity index (χ1n) is 7.43. The van der Waals surface area contributed by atoms with E-state index in [1.54, 1.807) is 0 Å². The molecular weight excluding hydrogens is 222 g/mol. The second-order valence-electron chi connectivity index (χ2n) is 5.14. The van der Waals surface area contributed by atoms with Crippen LogP contribution in [0.4, 0.5) is 0 Å². The summed E-state index contributed by atoms with van der Waals surface area (Å²) < 4.78 is 2.01. The van der Waals surface area contributed by atoms with Gasteiger partial charge in [-0.25, -0.2) is 0 Å². The van der Waals surface area contributed by atoms with E-state index in [1.807, 2.05) is 10.9 Å². The van der Waals surface area contributed by atoms with Crippen molar-refractivity contribution in [2.75, 3.05) is 7.05 Å². The normalized spacial score (nSPS) is 13.2. The molecule has 0 fully saturated rings. The van der Waals surface area contributed by atoms with Crippen molar-refractivity contribution < 1.29 is 0 Å². The first-order valence-corrected chi connectivity index (χ1v) is 7.43. The molecule has 3 nitrogen and oxygen atoms in total. The Labute approximate surface area is 112 Å². The van der Waals surface area contributed by atoms with Crippen molar-refractivity contribution in [2.45, 2.75) is 65.5 Å². The lowest BCUT2D eigenvalue weighted by Crippen LogP contribution is -2.35. The van der Waals surface area contributed by atoms with Gasteiger partial charge >= 0.3 is 0 Å². The maximum Gasteiger partial charge on any atom is 0.0522 e. The Hall–Kier alpha value is -0.830. The van der Waals surface area contributed by atoms with Crippen LogP contribution in [-0.4, -0.2) is 22.9 Å². The first kappa shape index (κ1) is 15.2. The summed E-state index contributed by atoms with van der Waals surface area (Å²) in [4.78, 5) is 0. The SMILES string of the molecule is CCCC(CCC)C(Cc1cnn(CC)c1)NC. The van der Waals surface area contributed by atoms with E-state index in [0.29, 0.717) is 6.04 Å². The molecule has 18 heavy (non-hydrogen) atoms. The molecule has 0 saturated heterocycles. The van der Waals surface area contributed by atoms with Crippen molar-refractivity contribution in [2.24, 2.45) is 5.92 Å². The molecule has 1 unspecified atom stereocenters. The highest BCUT2D eigenvalue weighted by Gasteiger charge is 2.19. The summed E-state index contributed by atoms with van der Waals surface area (Å²) in [6, 6.07) is 0.583. The summed E-state index contributed by atoms with van der Waals surface area (Å²) in [5.74, 6) is 0.787. The van der Waals surface area contributed by atoms with Crippen molar-refractivity contribution in [3.05, 3.63) is 18.0 Å². The average Bonchev–Trinajstić information content (AvgIpc) is 2.83. The van der Waals surface area contributed by atoms with Crippen molar-refractivity contribution in [3.63, 3.8) is 0 Å². The van der Waals surface area contributed by atoms with Gasteiger partial charge in [0.15, 0.2) is 0 Å². The Kier molecular flexibility index (Phi) is 7.02. The molecule has 0 radical (unpaired) electrons. The van der Waals surface area contributed by atoms with Crippen LogP contribution in [0.5, 0.6) is 0 Å². The van der Waals surface area contributed by atoms with E-state index < -0.39 is 0 Å². The number of hydrogen-bond acceptors (Lipinski definition) is 2. The van der Waals surface area contributed by atoms with Gasteiger partial charge in [0.05, 0.1) is 6.20 Å². The second-order valence-corrected chi connectivity index (χ2v) is 5.14. The van der Waals surface area contributed by atoms with Crippen LogP contribution < -0.4 is 5.32 Å². The third-order valence-electron chi connectivity index (χ3n) is 3.73. The minimum Gasteiger partial charge on any atom is -0.316 e. The minimum atomic E-state index is 0.583. The zero-order valence-electron chi connectivity index (χ0n) is 12.4. The van der Waals surface area contributed by atoms with Gasteiger partial charge in [0.1, 0.15) is 0 Å². The molecule has 1 rings (SSSR count). The number of aromatic nitrogens is 2. The molecule has 104 valence electrons. The molecule has 0 bridgehead atoms. The predicted octanol–water partition coefficient (Wildman–Crippen LogP) is 3.25. The fourth-order valence-corrected chi connectivity index (χ4v) is 2.73. The van der Waals surface area contributed by atoms with Crippen LogP contribution in [0.15, 0.2) is 12.4 Å². The van der Waals surface area contributed by atoms with E-state index in [9.17, 15) is 0 Å². The lowest BCUT2D eigenvalue weighted by atomic mass is 9.87. The fourth-order valence-electron chi connectivity index (χ4n) is 2.73. The van der Waals surface area contributed by atoms with E-state index in [-0.39, 0.29) is 0 Å². The summed E-state index contributed by atoms with van der Waals surface area (Å²) >= 11 is 0. The van der Waals surface area contributed by atoms with Gasteiger partial charge in [-0.15, -0.1) is 0 Å². The fraction of sp³-hybridized carbons (Fsp3) is 0.800. The van der Waals surface area contributed by atoms with Crippen LogP contribution in [0.1, 0.15) is 52.0 Å². The van der Waals surface area contributed by atoms with Gasteiger partial charge in [0, 0.05) is 18.8 Å². The smallest absolute Gasteiger partial charge is 0.0522 e. The maximum absolute atomic E-state index is 4.36. The molecule has 0 saturated carbocycles. The summed E-state index contributed by atoms with van der Waals surface area (Å²) in [6.07, 6.45) is 10.5. The number of likely N-dealkylation sites (N-methyl/N-ethyl adjacent to an activating group) is 1. The van der Waals surface area contributed by atoms with Gasteiger partial charge in [-0.3, -0.25) is 4.68 Å². The highest BCUT2D eigenvalue weighted by Crippen LogP contribution is 2.20. The molecule has 0 amide bonds. The average molecular weight is 251 g/mol. The van der Waals surface area contributed by atoms with E-state index in [1.165, 1.54) is 31.2 Å². The molecule has 1 heterocycles. The summed E-state index contributed by atoms with van der Waals surface area (Å²) in [5.41, 5.74) is 1.36. The van der Waals surface area contributed by atoms with Crippen LogP contribution in [-0.2, 0) is 13.0 Å². The molecule has 0 aliphatic carbocycles. The molecule has 3 heteroatoms. The van der Waals surface area contributed by atoms with Gasteiger partial charge in [-0.1, -0.05) is 26.7 Å². The Morgan fingerprint density at radius 2 is 1.89 bits per heavy atom. The Balaban J connectivity index is 2.62. The number of rotatable bonds is 9. The van der Waals surface area contributed by atoms with E-state index in [2.05, 4.69) is 44.4 Å². The minimum absolute atomic E-state index is 0.583. The number of nitrogens with zero attached hydrogens (tertiary/aromatic N) is 2. The van der Waals surface area contributed by atoms with Crippen LogP contribution in [0.2, 0.25) is 0 Å². The van der Waals surface area contributed by atoms with Crippen LogP contribution >= 0.6 is 0 Å². The van der Waals surface area contributed by atoms with Crippen LogP contribution in [0.3, 0.4) is 0 Å². The molecule has 1 aromatic rings. The van der Waals surface area contributed by atoms with E-state index in [4.69, 9.17) is 0 Å². The highest BCUT2D eigenvalue weighted by molar-refractivity contribution is 5.06. The number of aryl methyl sites for hydroxylation is 1. The quantitative estimate of drug-likeness (QED) is 0.730. The molecule has 1 N–H and O–H groups in total. The zero-order valence-corrected chi connectivity index (χ0v) is 12.4. The molecule has 0 aromatic carbocycles. The van der Waals surface area contributed by atoms with Gasteiger partial charge < -0.3 is 5.32 Å². The molecular formula is C15H29N3. The lowest BCUT2D eigenvalue weighted by Gasteiger charge is -2.26. The molecule has 0 spiro atoms. The molecule has 1 aromatic heterocycles. The van der Waals surface area contributed by atoms with Crippen molar-refractivity contribution >= 4 is 0 Å². The Morgan fingerprint density at radius 3 is 2.33 bits per heavy atom. The van der Waals surface area contributed by atoms with Gasteiger partial charge in [0.25, 0.3) is 0 Å². The van der Waals surface area contributed by atoms with Crippen molar-refractivity contribution in [1.82, 2.24) is 15.1 Å². The Morgan fingerprint density at radius 1 is 1.22 bits per heavy atom. The standard InChI is InChI=1S/C15H29N3/c1-5-8-14(9-6-2)15(16-4)10-13-11-17-18(7-3)12-13/h11-12,14-16H,5-10H2,1-4H3. The number of hydrogen-bond donors (Lipinski definition) is 1. The van der Waals surface area contributed by atoms with E-state index >= 15 is 0 Å².